The SMILES string of the molecule is NC(c1ccccc1O)C1CCNCC1. The van der Waals surface area contributed by atoms with Gasteiger partial charge in [0, 0.05) is 11.6 Å². The number of phenols is 1. The van der Waals surface area contributed by atoms with E-state index in [1.165, 1.54) is 0 Å². The second kappa shape index (κ2) is 4.64. The first-order chi connectivity index (χ1) is 7.29. The number of phenolic OH excluding ortho intramolecular Hbond substituents is 1. The zero-order chi connectivity index (χ0) is 10.7. The third-order valence-electron chi connectivity index (χ3n) is 3.19. The minimum atomic E-state index is -0.0340. The summed E-state index contributed by atoms with van der Waals surface area (Å²) in [5, 5.41) is 13.0. The monoisotopic (exact) mass is 206 g/mol. The Morgan fingerprint density at radius 2 is 1.93 bits per heavy atom. The first-order valence-corrected chi connectivity index (χ1v) is 5.53. The van der Waals surface area contributed by atoms with Crippen LogP contribution in [0.25, 0.3) is 0 Å². The number of nitrogens with one attached hydrogen (secondary N) is 1. The van der Waals surface area contributed by atoms with Gasteiger partial charge in [0.2, 0.25) is 0 Å². The van der Waals surface area contributed by atoms with Gasteiger partial charge in [-0.1, -0.05) is 18.2 Å². The number of piperidine rings is 1. The van der Waals surface area contributed by atoms with Gasteiger partial charge in [-0.25, -0.2) is 0 Å². The molecule has 1 atom stereocenters. The average molecular weight is 206 g/mol. The summed E-state index contributed by atoms with van der Waals surface area (Å²) in [5.41, 5.74) is 7.06. The molecule has 1 saturated heterocycles. The van der Waals surface area contributed by atoms with Crippen LogP contribution in [0.4, 0.5) is 0 Å². The highest BCUT2D eigenvalue weighted by molar-refractivity contribution is 5.34. The molecule has 0 aliphatic carbocycles. The van der Waals surface area contributed by atoms with Crippen LogP contribution in [0.5, 0.6) is 5.75 Å². The van der Waals surface area contributed by atoms with Crippen molar-refractivity contribution in [1.82, 2.24) is 5.32 Å². The van der Waals surface area contributed by atoms with Crippen LogP contribution in [0.3, 0.4) is 0 Å². The van der Waals surface area contributed by atoms with E-state index in [-0.39, 0.29) is 6.04 Å². The van der Waals surface area contributed by atoms with Gasteiger partial charge >= 0.3 is 0 Å². The maximum atomic E-state index is 9.72. The van der Waals surface area contributed by atoms with Gasteiger partial charge in [-0.3, -0.25) is 0 Å². The van der Waals surface area contributed by atoms with Gasteiger partial charge in [0.05, 0.1) is 0 Å². The maximum absolute atomic E-state index is 9.72. The summed E-state index contributed by atoms with van der Waals surface area (Å²) in [7, 11) is 0. The number of para-hydroxylation sites is 1. The van der Waals surface area contributed by atoms with Crippen LogP contribution in [0.15, 0.2) is 24.3 Å². The first kappa shape index (κ1) is 10.5. The quantitative estimate of drug-likeness (QED) is 0.685. The third-order valence-corrected chi connectivity index (χ3v) is 3.19. The molecule has 1 unspecified atom stereocenters. The van der Waals surface area contributed by atoms with Crippen LogP contribution >= 0.6 is 0 Å². The van der Waals surface area contributed by atoms with Crippen molar-refractivity contribution in [3.05, 3.63) is 29.8 Å². The standard InChI is InChI=1S/C12H18N2O/c13-12(9-5-7-14-8-6-9)10-3-1-2-4-11(10)15/h1-4,9,12,14-15H,5-8,13H2. The number of rotatable bonds is 2. The highest BCUT2D eigenvalue weighted by Gasteiger charge is 2.23. The Labute approximate surface area is 90.3 Å². The van der Waals surface area contributed by atoms with Gasteiger partial charge in [-0.15, -0.1) is 0 Å². The molecule has 0 bridgehead atoms. The summed E-state index contributed by atoms with van der Waals surface area (Å²) >= 11 is 0. The predicted octanol–water partition coefficient (Wildman–Crippen LogP) is 1.39. The Kier molecular flexibility index (Phi) is 3.23. The molecule has 0 aromatic heterocycles. The molecule has 2 rings (SSSR count). The molecule has 82 valence electrons. The van der Waals surface area contributed by atoms with Gasteiger partial charge in [0.1, 0.15) is 5.75 Å². The molecular formula is C12H18N2O. The molecule has 0 amide bonds. The zero-order valence-corrected chi connectivity index (χ0v) is 8.82. The van der Waals surface area contributed by atoms with E-state index in [4.69, 9.17) is 5.73 Å². The summed E-state index contributed by atoms with van der Waals surface area (Å²) in [6.07, 6.45) is 2.19. The van der Waals surface area contributed by atoms with Gasteiger partial charge in [-0.2, -0.15) is 0 Å². The van der Waals surface area contributed by atoms with Gasteiger partial charge in [-0.05, 0) is 37.9 Å². The minimum Gasteiger partial charge on any atom is -0.508 e. The van der Waals surface area contributed by atoms with Crippen LogP contribution in [-0.4, -0.2) is 18.2 Å². The molecule has 1 fully saturated rings. The van der Waals surface area contributed by atoms with Crippen molar-refractivity contribution in [2.75, 3.05) is 13.1 Å². The van der Waals surface area contributed by atoms with Crippen molar-refractivity contribution >= 4 is 0 Å². The lowest BCUT2D eigenvalue weighted by Gasteiger charge is -2.28. The van der Waals surface area contributed by atoms with E-state index in [9.17, 15) is 5.11 Å². The second-order valence-electron chi connectivity index (χ2n) is 4.17. The molecule has 0 radical (unpaired) electrons. The Balaban J connectivity index is 2.12. The van der Waals surface area contributed by atoms with E-state index in [1.807, 2.05) is 18.2 Å². The van der Waals surface area contributed by atoms with E-state index >= 15 is 0 Å². The van der Waals surface area contributed by atoms with Crippen molar-refractivity contribution in [1.29, 1.82) is 0 Å². The fraction of sp³-hybridized carbons (Fsp3) is 0.500. The second-order valence-corrected chi connectivity index (χ2v) is 4.17. The van der Waals surface area contributed by atoms with E-state index in [0.29, 0.717) is 11.7 Å². The van der Waals surface area contributed by atoms with Crippen LogP contribution in [-0.2, 0) is 0 Å². The molecule has 1 aromatic rings. The smallest absolute Gasteiger partial charge is 0.120 e. The van der Waals surface area contributed by atoms with E-state index in [2.05, 4.69) is 5.32 Å². The molecule has 3 heteroatoms. The van der Waals surface area contributed by atoms with E-state index in [1.54, 1.807) is 6.07 Å². The molecule has 4 N–H and O–H groups in total. The van der Waals surface area contributed by atoms with Crippen molar-refractivity contribution in [2.24, 2.45) is 11.7 Å². The molecular weight excluding hydrogens is 188 g/mol. The summed E-state index contributed by atoms with van der Waals surface area (Å²) in [6, 6.07) is 7.34. The van der Waals surface area contributed by atoms with Gasteiger partial charge < -0.3 is 16.2 Å². The molecule has 0 spiro atoms. The molecule has 15 heavy (non-hydrogen) atoms. The topological polar surface area (TPSA) is 58.3 Å². The normalized spacial score (nSPS) is 20.1. The lowest BCUT2D eigenvalue weighted by Crippen LogP contribution is -2.33. The lowest BCUT2D eigenvalue weighted by molar-refractivity contribution is 0.316. The molecule has 3 nitrogen and oxygen atoms in total. The molecule has 1 aliphatic heterocycles. The summed E-state index contributed by atoms with van der Waals surface area (Å²) in [5.74, 6) is 0.808. The van der Waals surface area contributed by atoms with E-state index in [0.717, 1.165) is 31.5 Å². The summed E-state index contributed by atoms with van der Waals surface area (Å²) < 4.78 is 0. The highest BCUT2D eigenvalue weighted by atomic mass is 16.3. The van der Waals surface area contributed by atoms with Crippen LogP contribution < -0.4 is 11.1 Å². The molecule has 1 aliphatic rings. The highest BCUT2D eigenvalue weighted by Crippen LogP contribution is 2.31. The Hall–Kier alpha value is -1.06. The van der Waals surface area contributed by atoms with Crippen LogP contribution in [0.2, 0.25) is 0 Å². The minimum absolute atomic E-state index is 0.0340. The summed E-state index contributed by atoms with van der Waals surface area (Å²) in [4.78, 5) is 0. The molecule has 1 heterocycles. The fourth-order valence-corrected chi connectivity index (χ4v) is 2.23. The maximum Gasteiger partial charge on any atom is 0.120 e. The Morgan fingerprint density at radius 3 is 2.60 bits per heavy atom. The molecule has 0 saturated carbocycles. The molecule has 1 aromatic carbocycles. The third kappa shape index (κ3) is 2.30. The van der Waals surface area contributed by atoms with Crippen molar-refractivity contribution < 1.29 is 5.11 Å². The number of aromatic hydroxyl groups is 1. The van der Waals surface area contributed by atoms with Crippen molar-refractivity contribution in [3.8, 4) is 5.75 Å². The van der Waals surface area contributed by atoms with Crippen LogP contribution in [0.1, 0.15) is 24.4 Å². The van der Waals surface area contributed by atoms with Crippen molar-refractivity contribution in [3.63, 3.8) is 0 Å². The van der Waals surface area contributed by atoms with Gasteiger partial charge in [0.15, 0.2) is 0 Å². The number of hydrogen-bond acceptors (Lipinski definition) is 3. The fourth-order valence-electron chi connectivity index (χ4n) is 2.23. The number of hydrogen-bond donors (Lipinski definition) is 3. The van der Waals surface area contributed by atoms with E-state index < -0.39 is 0 Å². The average Bonchev–Trinajstić information content (AvgIpc) is 2.30. The Bertz CT molecular complexity index is 321. The Morgan fingerprint density at radius 1 is 1.27 bits per heavy atom. The van der Waals surface area contributed by atoms with Crippen LogP contribution in [0, 0.1) is 5.92 Å². The zero-order valence-electron chi connectivity index (χ0n) is 8.82. The lowest BCUT2D eigenvalue weighted by atomic mass is 9.86. The van der Waals surface area contributed by atoms with Gasteiger partial charge in [0.25, 0.3) is 0 Å². The number of benzene rings is 1. The predicted molar refractivity (Wildman–Crippen MR) is 60.6 cm³/mol. The summed E-state index contributed by atoms with van der Waals surface area (Å²) in [6.45, 7) is 2.07. The number of nitrogens with two attached hydrogens (primary N) is 1. The largest absolute Gasteiger partial charge is 0.508 e. The van der Waals surface area contributed by atoms with Crippen molar-refractivity contribution in [2.45, 2.75) is 18.9 Å². The first-order valence-electron chi connectivity index (χ1n) is 5.53.